The Kier molecular flexibility index (Phi) is 11.8. The molecule has 0 spiro atoms. The highest BCUT2D eigenvalue weighted by Gasteiger charge is 2.54. The van der Waals surface area contributed by atoms with Crippen molar-refractivity contribution < 1.29 is 30.6 Å². The van der Waals surface area contributed by atoms with E-state index < -0.39 is 36.1 Å². The summed E-state index contributed by atoms with van der Waals surface area (Å²) in [5.41, 5.74) is -0.676. The summed E-state index contributed by atoms with van der Waals surface area (Å²) in [7, 11) is 0. The van der Waals surface area contributed by atoms with Gasteiger partial charge in [-0.1, -0.05) is 87.4 Å². The Morgan fingerprint density at radius 1 is 0.778 bits per heavy atom. The van der Waals surface area contributed by atoms with Gasteiger partial charge < -0.3 is 30.6 Å². The van der Waals surface area contributed by atoms with Gasteiger partial charge in [0.15, 0.2) is 0 Å². The van der Waals surface area contributed by atoms with Gasteiger partial charge in [-0.2, -0.15) is 0 Å². The average Bonchev–Trinajstić information content (AvgIpc) is 2.88. The van der Waals surface area contributed by atoms with Crippen molar-refractivity contribution >= 4 is 0 Å². The van der Waals surface area contributed by atoms with Crippen LogP contribution in [0.2, 0.25) is 0 Å². The van der Waals surface area contributed by atoms with E-state index in [9.17, 15) is 30.6 Å². The molecule has 0 aliphatic carbocycles. The van der Waals surface area contributed by atoms with Crippen molar-refractivity contribution in [3.63, 3.8) is 0 Å². The van der Waals surface area contributed by atoms with E-state index in [4.69, 9.17) is 0 Å². The molecular weight excluding hydrogens is 456 g/mol. The van der Waals surface area contributed by atoms with E-state index in [2.05, 4.69) is 6.92 Å². The predicted octanol–water partition coefficient (Wildman–Crippen LogP) is 2.88. The first-order valence-electron chi connectivity index (χ1n) is 13.0. The number of aliphatic hydroxyl groups excluding tert-OH is 4. The molecule has 5 atom stereocenters. The highest BCUT2D eigenvalue weighted by atomic mass is 16.4. The van der Waals surface area contributed by atoms with Gasteiger partial charge in [0.1, 0.15) is 29.5 Å². The minimum absolute atomic E-state index is 0.0198. The summed E-state index contributed by atoms with van der Waals surface area (Å²) in [5, 5.41) is 66.5. The second kappa shape index (κ2) is 14.0. The molecule has 0 radical (unpaired) electrons. The second-order valence-corrected chi connectivity index (χ2v) is 9.86. The van der Waals surface area contributed by atoms with Gasteiger partial charge in [-0.15, -0.1) is 0 Å². The smallest absolute Gasteiger partial charge is 0.126 e. The summed E-state index contributed by atoms with van der Waals surface area (Å²) < 4.78 is 0. The minimum Gasteiger partial charge on any atom is -0.394 e. The van der Waals surface area contributed by atoms with Crippen LogP contribution in [0.25, 0.3) is 0 Å². The number of rotatable bonds is 15. The molecule has 0 amide bonds. The third-order valence-electron chi connectivity index (χ3n) is 7.00. The molecule has 2 aromatic rings. The maximum atomic E-state index is 11.9. The molecule has 0 fully saturated rings. The summed E-state index contributed by atoms with van der Waals surface area (Å²) in [4.78, 5) is 0. The first-order chi connectivity index (χ1) is 17.2. The highest BCUT2D eigenvalue weighted by molar-refractivity contribution is 5.32. The van der Waals surface area contributed by atoms with Gasteiger partial charge in [0.25, 0.3) is 0 Å². The first-order valence-corrected chi connectivity index (χ1v) is 13.0. The van der Waals surface area contributed by atoms with Gasteiger partial charge in [-0.05, 0) is 48.4 Å². The minimum atomic E-state index is -2.35. The summed E-state index contributed by atoms with van der Waals surface area (Å²) in [6, 6.07) is 15.1. The third kappa shape index (κ3) is 7.25. The van der Waals surface area contributed by atoms with Crippen LogP contribution in [0, 0.1) is 0 Å². The third-order valence-corrected chi connectivity index (χ3v) is 7.00. The Hall–Kier alpha value is -2.06. The van der Waals surface area contributed by atoms with Crippen molar-refractivity contribution in [3.05, 3.63) is 82.9 Å². The van der Waals surface area contributed by atoms with Gasteiger partial charge >= 0.3 is 0 Å². The maximum absolute atomic E-state index is 11.9. The first kappa shape index (κ1) is 30.2. The van der Waals surface area contributed by atoms with E-state index in [1.807, 2.05) is 55.5 Å². The molecule has 2 aromatic carbocycles. The van der Waals surface area contributed by atoms with E-state index in [0.717, 1.165) is 42.4 Å². The lowest BCUT2D eigenvalue weighted by Crippen LogP contribution is -2.66. The molecule has 6 nitrogen and oxygen atoms in total. The van der Waals surface area contributed by atoms with Crippen molar-refractivity contribution in [2.45, 2.75) is 95.2 Å². The molecule has 0 bridgehead atoms. The fraction of sp³-hybridized carbons (Fsp3) is 0.533. The predicted molar refractivity (Wildman–Crippen MR) is 143 cm³/mol. The van der Waals surface area contributed by atoms with E-state index in [-0.39, 0.29) is 19.3 Å². The monoisotopic (exact) mass is 500 g/mol. The lowest BCUT2D eigenvalue weighted by atomic mass is 9.71. The van der Waals surface area contributed by atoms with Crippen LogP contribution in [0.3, 0.4) is 0 Å². The number of aliphatic hydroxyl groups is 6. The van der Waals surface area contributed by atoms with Crippen LogP contribution in [0.15, 0.2) is 60.7 Å². The lowest BCUT2D eigenvalue weighted by Gasteiger charge is -2.46. The molecule has 200 valence electrons. The second-order valence-electron chi connectivity index (χ2n) is 9.86. The van der Waals surface area contributed by atoms with Crippen LogP contribution >= 0.6 is 0 Å². The van der Waals surface area contributed by atoms with Crippen molar-refractivity contribution in [2.75, 3.05) is 6.61 Å². The van der Waals surface area contributed by atoms with E-state index in [1.54, 1.807) is 19.1 Å². The summed E-state index contributed by atoms with van der Waals surface area (Å²) >= 11 is 0. The molecule has 0 saturated heterocycles. The number of benzene rings is 2. The standard InChI is InChI=1S/C30H44O6/c1-4-7-18-29(35,19-24-16-10-8-14-22(24)12-5-2)28(34)30(36,27(33)26(32)21-31)20-25-17-11-9-15-23(25)13-6-3/h4,7-11,14-17,26-28,31-36H,5-6,12-13,18-21H2,1-3H3/b7-4+/t26-,27+,28+,29?,30+/m0/s1. The van der Waals surface area contributed by atoms with Crippen LogP contribution in [-0.2, 0) is 25.7 Å². The Labute approximate surface area is 215 Å². The lowest BCUT2D eigenvalue weighted by molar-refractivity contribution is -0.228. The molecule has 2 rings (SSSR count). The van der Waals surface area contributed by atoms with Gasteiger partial charge in [0, 0.05) is 12.8 Å². The van der Waals surface area contributed by atoms with E-state index >= 15 is 0 Å². The number of allylic oxidation sites excluding steroid dienone is 1. The van der Waals surface area contributed by atoms with Crippen LogP contribution in [0.1, 0.15) is 62.3 Å². The highest BCUT2D eigenvalue weighted by Crippen LogP contribution is 2.36. The quantitative estimate of drug-likeness (QED) is 0.209. The van der Waals surface area contributed by atoms with Gasteiger partial charge in [0.05, 0.1) is 6.61 Å². The largest absolute Gasteiger partial charge is 0.394 e. The molecular formula is C30H44O6. The summed E-state index contributed by atoms with van der Waals surface area (Å²) in [5.74, 6) is 0. The fourth-order valence-corrected chi connectivity index (χ4v) is 4.98. The van der Waals surface area contributed by atoms with Crippen LogP contribution in [0.4, 0.5) is 0 Å². The Morgan fingerprint density at radius 3 is 1.69 bits per heavy atom. The van der Waals surface area contributed by atoms with Crippen LogP contribution in [-0.4, -0.2) is 66.8 Å². The molecule has 0 aromatic heterocycles. The zero-order valence-corrected chi connectivity index (χ0v) is 21.8. The van der Waals surface area contributed by atoms with Crippen molar-refractivity contribution in [3.8, 4) is 0 Å². The number of hydrogen-bond acceptors (Lipinski definition) is 6. The molecule has 0 saturated carbocycles. The molecule has 0 aliphatic heterocycles. The zero-order chi connectivity index (χ0) is 26.8. The van der Waals surface area contributed by atoms with Gasteiger partial charge in [0.2, 0.25) is 0 Å². The summed E-state index contributed by atoms with van der Waals surface area (Å²) in [6.07, 6.45) is 1.15. The van der Waals surface area contributed by atoms with Crippen LogP contribution < -0.4 is 0 Å². The maximum Gasteiger partial charge on any atom is 0.126 e. The molecule has 0 aliphatic rings. The van der Waals surface area contributed by atoms with E-state index in [0.29, 0.717) is 5.56 Å². The molecule has 0 heterocycles. The molecule has 6 N–H and O–H groups in total. The topological polar surface area (TPSA) is 121 Å². The zero-order valence-electron chi connectivity index (χ0n) is 21.8. The van der Waals surface area contributed by atoms with Gasteiger partial charge in [-0.25, -0.2) is 0 Å². The summed E-state index contributed by atoms with van der Waals surface area (Å²) in [6.45, 7) is 5.09. The van der Waals surface area contributed by atoms with Gasteiger partial charge in [-0.3, -0.25) is 0 Å². The van der Waals surface area contributed by atoms with Crippen molar-refractivity contribution in [1.82, 2.24) is 0 Å². The molecule has 6 heteroatoms. The fourth-order valence-electron chi connectivity index (χ4n) is 4.98. The molecule has 36 heavy (non-hydrogen) atoms. The van der Waals surface area contributed by atoms with Crippen molar-refractivity contribution in [2.24, 2.45) is 0 Å². The normalized spacial score (nSPS) is 17.9. The Morgan fingerprint density at radius 2 is 1.25 bits per heavy atom. The van der Waals surface area contributed by atoms with Crippen LogP contribution in [0.5, 0.6) is 0 Å². The Bertz CT molecular complexity index is 960. The average molecular weight is 501 g/mol. The van der Waals surface area contributed by atoms with Crippen molar-refractivity contribution in [1.29, 1.82) is 0 Å². The SMILES string of the molecule is C/C=C/CC(O)(Cc1ccccc1CCC)[C@@H](O)[C@@](O)(Cc1ccccc1CCC)[C@H](O)[C@@H](O)CO. The number of hydrogen-bond donors (Lipinski definition) is 6. The number of aryl methyl sites for hydroxylation is 2. The molecule has 1 unspecified atom stereocenters. The Balaban J connectivity index is 2.60. The van der Waals surface area contributed by atoms with E-state index in [1.165, 1.54) is 0 Å².